The molecule has 0 aliphatic carbocycles. The standard InChI is InChI=1S/C42H28N2O/c1-3-12-28(13-4-1)33-18-7-9-20-37(33)43-31-15-11-14-29(26-31)30-22-25-40-36(27-30)34-23-24-39-41(42(34)45-40)35-19-8-10-21-38(35)44(39)32-16-5-2-6-17-32/h1-27,43H. The molecule has 212 valence electrons. The summed E-state index contributed by atoms with van der Waals surface area (Å²) in [7, 11) is 0. The maximum absolute atomic E-state index is 6.65. The number of benzene rings is 7. The van der Waals surface area contributed by atoms with Crippen LogP contribution in [0.5, 0.6) is 0 Å². The van der Waals surface area contributed by atoms with E-state index in [0.29, 0.717) is 0 Å². The van der Waals surface area contributed by atoms with Crippen LogP contribution in [-0.4, -0.2) is 4.57 Å². The number of furan rings is 1. The number of aromatic nitrogens is 1. The maximum atomic E-state index is 6.65. The van der Waals surface area contributed by atoms with E-state index < -0.39 is 0 Å². The Morgan fingerprint density at radius 1 is 0.467 bits per heavy atom. The van der Waals surface area contributed by atoms with Gasteiger partial charge in [-0.15, -0.1) is 0 Å². The lowest BCUT2D eigenvalue weighted by Crippen LogP contribution is -1.93. The summed E-state index contributed by atoms with van der Waals surface area (Å²) in [5.41, 5.74) is 12.1. The van der Waals surface area contributed by atoms with Gasteiger partial charge in [0.2, 0.25) is 0 Å². The average molecular weight is 577 g/mol. The van der Waals surface area contributed by atoms with Gasteiger partial charge in [0.05, 0.1) is 16.4 Å². The lowest BCUT2D eigenvalue weighted by Gasteiger charge is -2.13. The van der Waals surface area contributed by atoms with Gasteiger partial charge in [-0.1, -0.05) is 103 Å². The Balaban J connectivity index is 1.15. The van der Waals surface area contributed by atoms with Crippen LogP contribution in [-0.2, 0) is 0 Å². The van der Waals surface area contributed by atoms with Gasteiger partial charge in [-0.3, -0.25) is 0 Å². The van der Waals surface area contributed by atoms with E-state index in [0.717, 1.165) is 61.0 Å². The Labute approximate surface area is 260 Å². The third kappa shape index (κ3) is 4.21. The minimum atomic E-state index is 0.892. The lowest BCUT2D eigenvalue weighted by atomic mass is 10.0. The molecule has 7 aromatic carbocycles. The van der Waals surface area contributed by atoms with Gasteiger partial charge in [-0.25, -0.2) is 0 Å². The summed E-state index contributed by atoms with van der Waals surface area (Å²) in [6.07, 6.45) is 0. The van der Waals surface area contributed by atoms with Crippen molar-refractivity contribution in [3.8, 4) is 27.9 Å². The number of hydrogen-bond donors (Lipinski definition) is 1. The second-order valence-electron chi connectivity index (χ2n) is 11.5. The molecule has 3 heteroatoms. The SMILES string of the molecule is c1ccc(-c2ccccc2Nc2cccc(-c3ccc4oc5c(ccc6c5c5ccccc5n6-c5ccccc5)c4c3)c2)cc1. The van der Waals surface area contributed by atoms with Crippen LogP contribution in [0.25, 0.3) is 71.7 Å². The van der Waals surface area contributed by atoms with Gasteiger partial charge in [0.25, 0.3) is 0 Å². The summed E-state index contributed by atoms with van der Waals surface area (Å²) in [5, 5.41) is 8.26. The highest BCUT2D eigenvalue weighted by Gasteiger charge is 2.18. The molecule has 0 saturated heterocycles. The summed E-state index contributed by atoms with van der Waals surface area (Å²) in [6, 6.07) is 57.7. The molecule has 2 heterocycles. The maximum Gasteiger partial charge on any atom is 0.145 e. The second kappa shape index (κ2) is 10.3. The monoisotopic (exact) mass is 576 g/mol. The van der Waals surface area contributed by atoms with Gasteiger partial charge < -0.3 is 14.3 Å². The molecule has 0 radical (unpaired) electrons. The molecule has 9 aromatic rings. The number of fused-ring (bicyclic) bond motifs is 7. The predicted octanol–water partition coefficient (Wildman–Crippen LogP) is 11.8. The lowest BCUT2D eigenvalue weighted by molar-refractivity contribution is 0.673. The molecular formula is C42H28N2O. The molecule has 1 N–H and O–H groups in total. The smallest absolute Gasteiger partial charge is 0.145 e. The van der Waals surface area contributed by atoms with Gasteiger partial charge in [-0.05, 0) is 77.4 Å². The van der Waals surface area contributed by atoms with Crippen molar-refractivity contribution in [3.63, 3.8) is 0 Å². The van der Waals surface area contributed by atoms with E-state index in [9.17, 15) is 0 Å². The quantitative estimate of drug-likeness (QED) is 0.221. The van der Waals surface area contributed by atoms with Crippen molar-refractivity contribution in [2.75, 3.05) is 5.32 Å². The Bertz CT molecular complexity index is 2510. The molecule has 0 fully saturated rings. The average Bonchev–Trinajstić information content (AvgIpc) is 3.65. The first-order chi connectivity index (χ1) is 22.3. The van der Waals surface area contributed by atoms with Crippen LogP contribution in [0.15, 0.2) is 168 Å². The number of hydrogen-bond acceptors (Lipinski definition) is 2. The molecule has 0 aliphatic heterocycles. The molecule has 0 amide bonds. The van der Waals surface area contributed by atoms with E-state index in [1.54, 1.807) is 0 Å². The van der Waals surface area contributed by atoms with Crippen LogP contribution < -0.4 is 5.32 Å². The molecule has 45 heavy (non-hydrogen) atoms. The Morgan fingerprint density at radius 2 is 1.20 bits per heavy atom. The van der Waals surface area contributed by atoms with Crippen LogP contribution >= 0.6 is 0 Å². The number of nitrogens with one attached hydrogen (secondary N) is 1. The topological polar surface area (TPSA) is 30.1 Å². The van der Waals surface area contributed by atoms with Gasteiger partial charge in [-0.2, -0.15) is 0 Å². The summed E-state index contributed by atoms with van der Waals surface area (Å²) < 4.78 is 8.98. The fourth-order valence-electron chi connectivity index (χ4n) is 6.71. The summed E-state index contributed by atoms with van der Waals surface area (Å²) >= 11 is 0. The Hall–Kier alpha value is -6.06. The second-order valence-corrected chi connectivity index (χ2v) is 11.5. The van der Waals surface area contributed by atoms with Crippen LogP contribution in [0, 0.1) is 0 Å². The molecule has 0 aliphatic rings. The highest BCUT2D eigenvalue weighted by atomic mass is 16.3. The van der Waals surface area contributed by atoms with E-state index in [1.807, 2.05) is 0 Å². The first-order valence-corrected chi connectivity index (χ1v) is 15.3. The number of nitrogens with zero attached hydrogens (tertiary/aromatic N) is 1. The largest absolute Gasteiger partial charge is 0.455 e. The van der Waals surface area contributed by atoms with Crippen molar-refractivity contribution in [2.45, 2.75) is 0 Å². The van der Waals surface area contributed by atoms with Crippen LogP contribution in [0.3, 0.4) is 0 Å². The fourth-order valence-corrected chi connectivity index (χ4v) is 6.71. The van der Waals surface area contributed by atoms with Crippen LogP contribution in [0.1, 0.15) is 0 Å². The number of rotatable bonds is 5. The summed E-state index contributed by atoms with van der Waals surface area (Å²) in [4.78, 5) is 0. The first kappa shape index (κ1) is 25.4. The third-order valence-corrected chi connectivity index (χ3v) is 8.77. The Kier molecular flexibility index (Phi) is 5.82. The van der Waals surface area contributed by atoms with E-state index in [4.69, 9.17) is 4.42 Å². The van der Waals surface area contributed by atoms with Crippen molar-refractivity contribution in [2.24, 2.45) is 0 Å². The highest BCUT2D eigenvalue weighted by Crippen LogP contribution is 2.41. The van der Waals surface area contributed by atoms with Crippen molar-refractivity contribution in [1.82, 2.24) is 4.57 Å². The highest BCUT2D eigenvalue weighted by molar-refractivity contribution is 6.24. The van der Waals surface area contributed by atoms with Gasteiger partial charge in [0.15, 0.2) is 0 Å². The molecule has 3 nitrogen and oxygen atoms in total. The minimum absolute atomic E-state index is 0.892. The predicted molar refractivity (Wildman–Crippen MR) is 189 cm³/mol. The van der Waals surface area contributed by atoms with Crippen molar-refractivity contribution in [3.05, 3.63) is 164 Å². The number of anilines is 2. The third-order valence-electron chi connectivity index (χ3n) is 8.77. The van der Waals surface area contributed by atoms with Gasteiger partial charge >= 0.3 is 0 Å². The molecular weight excluding hydrogens is 548 g/mol. The fraction of sp³-hybridized carbons (Fsp3) is 0. The zero-order chi connectivity index (χ0) is 29.7. The van der Waals surface area contributed by atoms with E-state index in [-0.39, 0.29) is 0 Å². The van der Waals surface area contributed by atoms with Crippen molar-refractivity contribution >= 4 is 55.1 Å². The molecule has 0 bridgehead atoms. The summed E-state index contributed by atoms with van der Waals surface area (Å²) in [5.74, 6) is 0. The molecule has 0 atom stereocenters. The van der Waals surface area contributed by atoms with Crippen molar-refractivity contribution < 1.29 is 4.42 Å². The number of para-hydroxylation sites is 3. The van der Waals surface area contributed by atoms with E-state index in [2.05, 4.69) is 174 Å². The molecule has 0 saturated carbocycles. The summed E-state index contributed by atoms with van der Waals surface area (Å²) in [6.45, 7) is 0. The van der Waals surface area contributed by atoms with Gasteiger partial charge in [0, 0.05) is 38.8 Å². The first-order valence-electron chi connectivity index (χ1n) is 15.3. The van der Waals surface area contributed by atoms with Crippen molar-refractivity contribution in [1.29, 1.82) is 0 Å². The normalized spacial score (nSPS) is 11.6. The molecule has 0 spiro atoms. The van der Waals surface area contributed by atoms with E-state index >= 15 is 0 Å². The molecule has 0 unspecified atom stereocenters. The molecule has 9 rings (SSSR count). The molecule has 2 aromatic heterocycles. The van der Waals surface area contributed by atoms with Gasteiger partial charge in [0.1, 0.15) is 11.2 Å². The minimum Gasteiger partial charge on any atom is -0.455 e. The zero-order valence-electron chi connectivity index (χ0n) is 24.4. The van der Waals surface area contributed by atoms with E-state index in [1.165, 1.54) is 22.0 Å². The van der Waals surface area contributed by atoms with Crippen LogP contribution in [0.4, 0.5) is 11.4 Å². The van der Waals surface area contributed by atoms with Crippen LogP contribution in [0.2, 0.25) is 0 Å². The Morgan fingerprint density at radius 3 is 2.09 bits per heavy atom. The zero-order valence-corrected chi connectivity index (χ0v) is 24.4.